The average molecular weight is 341 g/mol. The Balaban J connectivity index is 1.74. The number of terminal acetylenes is 1. The van der Waals surface area contributed by atoms with Gasteiger partial charge in [0.25, 0.3) is 0 Å². The van der Waals surface area contributed by atoms with Crippen LogP contribution >= 0.6 is 0 Å². The van der Waals surface area contributed by atoms with E-state index < -0.39 is 5.60 Å². The minimum absolute atomic E-state index is 0.118. The van der Waals surface area contributed by atoms with Crippen LogP contribution < -0.4 is 0 Å². The Kier molecular flexibility index (Phi) is 3.63. The van der Waals surface area contributed by atoms with Crippen molar-refractivity contribution in [3.8, 4) is 12.3 Å². The number of rotatable bonds is 0. The van der Waals surface area contributed by atoms with Gasteiger partial charge < -0.3 is 5.11 Å². The summed E-state index contributed by atoms with van der Waals surface area (Å²) in [6.07, 6.45) is 13.9. The van der Waals surface area contributed by atoms with E-state index >= 15 is 0 Å². The van der Waals surface area contributed by atoms with Gasteiger partial charge in [-0.25, -0.2) is 0 Å². The first-order chi connectivity index (χ1) is 11.7. The molecule has 0 amide bonds. The molecule has 0 bridgehead atoms. The van der Waals surface area contributed by atoms with Crippen molar-refractivity contribution in [3.63, 3.8) is 0 Å². The van der Waals surface area contributed by atoms with Crippen LogP contribution in [0.3, 0.4) is 0 Å². The van der Waals surface area contributed by atoms with Crippen LogP contribution in [0.2, 0.25) is 0 Å². The van der Waals surface area contributed by atoms with Crippen LogP contribution in [0.25, 0.3) is 0 Å². The third kappa shape index (κ3) is 1.94. The van der Waals surface area contributed by atoms with Crippen LogP contribution in [0.4, 0.5) is 0 Å². The predicted octanol–water partition coefficient (Wildman–Crippen LogP) is 4.37. The maximum atomic E-state index is 12.4. The lowest BCUT2D eigenvalue weighted by Gasteiger charge is -2.61. The van der Waals surface area contributed by atoms with Gasteiger partial charge in [0.05, 0.1) is 0 Å². The largest absolute Gasteiger partial charge is 0.377 e. The molecule has 4 aliphatic rings. The van der Waals surface area contributed by atoms with E-state index in [9.17, 15) is 9.90 Å². The Hall–Kier alpha value is -1.07. The summed E-state index contributed by atoms with van der Waals surface area (Å²) in [6, 6.07) is 0. The normalized spacial score (nSPS) is 54.8. The highest BCUT2D eigenvalue weighted by Gasteiger charge is 2.64. The van der Waals surface area contributed by atoms with Crippen LogP contribution in [0.15, 0.2) is 11.6 Å². The number of carbonyl (C=O) groups excluding carboxylic acids is 1. The Labute approximate surface area is 152 Å². The van der Waals surface area contributed by atoms with E-state index in [2.05, 4.69) is 33.6 Å². The molecule has 2 heteroatoms. The van der Waals surface area contributed by atoms with Gasteiger partial charge in [-0.1, -0.05) is 39.2 Å². The molecule has 136 valence electrons. The molecule has 8 atom stereocenters. The molecule has 0 aromatic heterocycles. The summed E-state index contributed by atoms with van der Waals surface area (Å²) in [5.74, 6) is 5.37. The summed E-state index contributed by atoms with van der Waals surface area (Å²) in [4.78, 5) is 12.4. The molecule has 1 N–H and O–H groups in total. The average Bonchev–Trinajstić information content (AvgIpc) is 2.87. The molecule has 0 saturated heterocycles. The van der Waals surface area contributed by atoms with E-state index in [1.165, 1.54) is 5.57 Å². The van der Waals surface area contributed by atoms with E-state index in [0.717, 1.165) is 38.5 Å². The SMILES string of the molecule is C#C[C@]1(O)CC[C@H]2[C@@H]3CCC4=CC(=O)C(C)C(C)[C@]4(C)[C@H]3CC[C@@]21C. The number of carbonyl (C=O) groups is 1. The van der Waals surface area contributed by atoms with E-state index in [0.29, 0.717) is 29.5 Å². The number of hydrogen-bond donors (Lipinski definition) is 1. The van der Waals surface area contributed by atoms with Crippen LogP contribution in [-0.2, 0) is 4.79 Å². The molecule has 4 aliphatic carbocycles. The van der Waals surface area contributed by atoms with Gasteiger partial charge in [0.15, 0.2) is 5.78 Å². The molecule has 2 nitrogen and oxygen atoms in total. The fourth-order valence-electron chi connectivity index (χ4n) is 7.44. The van der Waals surface area contributed by atoms with E-state index in [4.69, 9.17) is 6.42 Å². The highest BCUT2D eigenvalue weighted by molar-refractivity contribution is 5.93. The molecule has 2 unspecified atom stereocenters. The molecule has 0 aromatic rings. The van der Waals surface area contributed by atoms with Crippen molar-refractivity contribution in [2.75, 3.05) is 0 Å². The molecule has 25 heavy (non-hydrogen) atoms. The molecule has 0 aliphatic heterocycles. The number of ketones is 1. The van der Waals surface area contributed by atoms with Gasteiger partial charge in [-0.15, -0.1) is 6.42 Å². The fraction of sp³-hybridized carbons (Fsp3) is 0.783. The number of fused-ring (bicyclic) bond motifs is 5. The second kappa shape index (κ2) is 5.23. The lowest BCUT2D eigenvalue weighted by atomic mass is 9.44. The predicted molar refractivity (Wildman–Crippen MR) is 99.6 cm³/mol. The van der Waals surface area contributed by atoms with Crippen LogP contribution in [0.5, 0.6) is 0 Å². The Morgan fingerprint density at radius 1 is 1.16 bits per heavy atom. The molecule has 0 heterocycles. The summed E-state index contributed by atoms with van der Waals surface area (Å²) in [5.41, 5.74) is 0.466. The first-order valence-corrected chi connectivity index (χ1v) is 10.1. The lowest BCUT2D eigenvalue weighted by molar-refractivity contribution is -0.130. The van der Waals surface area contributed by atoms with Crippen LogP contribution in [0, 0.1) is 52.8 Å². The smallest absolute Gasteiger partial charge is 0.158 e. The van der Waals surface area contributed by atoms with Gasteiger partial charge in [0.2, 0.25) is 0 Å². The molecular weight excluding hydrogens is 308 g/mol. The van der Waals surface area contributed by atoms with E-state index in [1.807, 2.05) is 6.08 Å². The van der Waals surface area contributed by atoms with Crippen molar-refractivity contribution in [1.29, 1.82) is 0 Å². The maximum Gasteiger partial charge on any atom is 0.158 e. The molecular formula is C23H32O2. The van der Waals surface area contributed by atoms with Gasteiger partial charge in [-0.2, -0.15) is 0 Å². The van der Waals surface area contributed by atoms with Crippen molar-refractivity contribution in [3.05, 3.63) is 11.6 Å². The zero-order valence-corrected chi connectivity index (χ0v) is 16.1. The highest BCUT2D eigenvalue weighted by atomic mass is 16.3. The highest BCUT2D eigenvalue weighted by Crippen LogP contribution is 2.68. The zero-order chi connectivity index (χ0) is 18.2. The van der Waals surface area contributed by atoms with Crippen LogP contribution in [0.1, 0.15) is 66.2 Å². The van der Waals surface area contributed by atoms with Crippen molar-refractivity contribution in [2.45, 2.75) is 71.8 Å². The van der Waals surface area contributed by atoms with Crippen molar-refractivity contribution in [2.24, 2.45) is 40.4 Å². The molecule has 3 fully saturated rings. The minimum Gasteiger partial charge on any atom is -0.377 e. The minimum atomic E-state index is -0.929. The quantitative estimate of drug-likeness (QED) is 0.665. The van der Waals surface area contributed by atoms with Gasteiger partial charge >= 0.3 is 0 Å². The summed E-state index contributed by atoms with van der Waals surface area (Å²) < 4.78 is 0. The molecule has 4 rings (SSSR count). The molecule has 0 spiro atoms. The maximum absolute atomic E-state index is 12.4. The van der Waals surface area contributed by atoms with Crippen LogP contribution in [-0.4, -0.2) is 16.5 Å². The van der Waals surface area contributed by atoms with Crippen molar-refractivity contribution >= 4 is 5.78 Å². The standard InChI is InChI=1S/C23H32O2/c1-6-23(25)12-10-18-17-8-7-16-13-20(24)14(2)15(3)22(16,5)19(17)9-11-21(18,23)4/h1,13-15,17-19,25H,7-12H2,2-5H3/t14?,15?,17-,18-,19-,21-,22-,23-/m0/s1. The summed E-state index contributed by atoms with van der Waals surface area (Å²) in [7, 11) is 0. The second-order valence-corrected chi connectivity index (χ2v) is 9.85. The van der Waals surface area contributed by atoms with Gasteiger partial charge in [0, 0.05) is 11.3 Å². The zero-order valence-electron chi connectivity index (χ0n) is 16.1. The summed E-state index contributed by atoms with van der Waals surface area (Å²) in [5, 5.41) is 11.1. The first-order valence-electron chi connectivity index (χ1n) is 10.1. The molecule has 3 saturated carbocycles. The number of aliphatic hydroxyl groups is 1. The molecule has 0 aromatic carbocycles. The van der Waals surface area contributed by atoms with Gasteiger partial charge in [0.1, 0.15) is 5.60 Å². The third-order valence-corrected chi connectivity index (χ3v) is 9.50. The third-order valence-electron chi connectivity index (χ3n) is 9.50. The topological polar surface area (TPSA) is 37.3 Å². The summed E-state index contributed by atoms with van der Waals surface area (Å²) in [6.45, 7) is 9.06. The first kappa shape index (κ1) is 17.3. The van der Waals surface area contributed by atoms with Gasteiger partial charge in [-0.3, -0.25) is 4.79 Å². The monoisotopic (exact) mass is 340 g/mol. The Morgan fingerprint density at radius 2 is 1.84 bits per heavy atom. The Bertz CT molecular complexity index is 685. The Morgan fingerprint density at radius 3 is 2.52 bits per heavy atom. The van der Waals surface area contributed by atoms with E-state index in [1.54, 1.807) is 0 Å². The fourth-order valence-corrected chi connectivity index (χ4v) is 7.44. The second-order valence-electron chi connectivity index (χ2n) is 9.85. The number of allylic oxidation sites excluding steroid dienone is 1. The van der Waals surface area contributed by atoms with Crippen molar-refractivity contribution < 1.29 is 9.90 Å². The molecule has 0 radical (unpaired) electrons. The number of hydrogen-bond acceptors (Lipinski definition) is 2. The van der Waals surface area contributed by atoms with E-state index in [-0.39, 0.29) is 16.7 Å². The van der Waals surface area contributed by atoms with Gasteiger partial charge in [-0.05, 0) is 73.7 Å². The van der Waals surface area contributed by atoms with Crippen molar-refractivity contribution in [1.82, 2.24) is 0 Å². The lowest BCUT2D eigenvalue weighted by Crippen LogP contribution is -2.56. The summed E-state index contributed by atoms with van der Waals surface area (Å²) >= 11 is 0.